The van der Waals surface area contributed by atoms with Crippen LogP contribution >= 0.6 is 11.6 Å². The van der Waals surface area contributed by atoms with Gasteiger partial charge >= 0.3 is 5.97 Å². The molecule has 4 N–H and O–H groups in total. The van der Waals surface area contributed by atoms with Crippen LogP contribution in [-0.2, 0) is 9.53 Å². The third kappa shape index (κ3) is 3.15. The van der Waals surface area contributed by atoms with E-state index < -0.39 is 23.8 Å². The molecular formula is C12H13ClN2O4. The maximum absolute atomic E-state index is 12.0. The van der Waals surface area contributed by atoms with E-state index in [4.69, 9.17) is 27.2 Å². The van der Waals surface area contributed by atoms with Crippen LogP contribution in [0.5, 0.6) is 0 Å². The lowest BCUT2D eigenvalue weighted by Gasteiger charge is -2.15. The summed E-state index contributed by atoms with van der Waals surface area (Å²) < 4.78 is 5.07. The SMILES string of the molecule is Nc1cc(Cl)cc(C(=O)NC2COCC2C(=O)O)c1. The van der Waals surface area contributed by atoms with E-state index in [0.717, 1.165) is 0 Å². The first kappa shape index (κ1) is 13.6. The molecule has 6 nitrogen and oxygen atoms in total. The summed E-state index contributed by atoms with van der Waals surface area (Å²) in [4.78, 5) is 23.0. The Bertz CT molecular complexity index is 500. The summed E-state index contributed by atoms with van der Waals surface area (Å²) in [6.45, 7) is 0.275. The number of halogens is 1. The molecule has 0 saturated carbocycles. The number of carbonyl (C=O) groups excluding carboxylic acids is 1. The van der Waals surface area contributed by atoms with Crippen molar-refractivity contribution in [3.05, 3.63) is 28.8 Å². The quantitative estimate of drug-likeness (QED) is 0.711. The summed E-state index contributed by atoms with van der Waals surface area (Å²) in [5.41, 5.74) is 6.26. The maximum Gasteiger partial charge on any atom is 0.311 e. The average molecular weight is 285 g/mol. The molecule has 0 radical (unpaired) electrons. The second-order valence-electron chi connectivity index (χ2n) is 4.34. The molecule has 1 aliphatic rings. The summed E-state index contributed by atoms with van der Waals surface area (Å²) in [6.07, 6.45) is 0. The molecular weight excluding hydrogens is 272 g/mol. The van der Waals surface area contributed by atoms with Gasteiger partial charge in [-0.15, -0.1) is 0 Å². The zero-order valence-electron chi connectivity index (χ0n) is 9.93. The van der Waals surface area contributed by atoms with Crippen LogP contribution in [0.1, 0.15) is 10.4 Å². The number of ether oxygens (including phenoxy) is 1. The Morgan fingerprint density at radius 3 is 2.74 bits per heavy atom. The predicted molar refractivity (Wildman–Crippen MR) is 69.1 cm³/mol. The number of rotatable bonds is 3. The minimum atomic E-state index is -0.992. The zero-order valence-corrected chi connectivity index (χ0v) is 10.7. The number of carbonyl (C=O) groups is 2. The number of anilines is 1. The lowest BCUT2D eigenvalue weighted by molar-refractivity contribution is -0.142. The summed E-state index contributed by atoms with van der Waals surface area (Å²) in [5.74, 6) is -2.15. The Hall–Kier alpha value is -1.79. The van der Waals surface area contributed by atoms with Crippen molar-refractivity contribution >= 4 is 29.2 Å². The van der Waals surface area contributed by atoms with Gasteiger partial charge in [-0.25, -0.2) is 0 Å². The van der Waals surface area contributed by atoms with Gasteiger partial charge in [0.2, 0.25) is 0 Å². The van der Waals surface area contributed by atoms with Gasteiger partial charge in [-0.3, -0.25) is 9.59 Å². The average Bonchev–Trinajstić information content (AvgIpc) is 2.75. The molecule has 1 heterocycles. The normalized spacial score (nSPS) is 22.2. The number of carboxylic acid groups (broad SMARTS) is 1. The monoisotopic (exact) mass is 284 g/mol. The first-order chi connectivity index (χ1) is 8.97. The van der Waals surface area contributed by atoms with Gasteiger partial charge in [0.1, 0.15) is 5.92 Å². The molecule has 7 heteroatoms. The van der Waals surface area contributed by atoms with Gasteiger partial charge in [0, 0.05) is 16.3 Å². The standard InChI is InChI=1S/C12H13ClN2O4/c13-7-1-6(2-8(14)3-7)11(16)15-10-5-19-4-9(10)12(17)18/h1-3,9-10H,4-5,14H2,(H,15,16)(H,17,18). The fourth-order valence-corrected chi connectivity index (χ4v) is 2.18. The van der Waals surface area contributed by atoms with Crippen LogP contribution in [0.2, 0.25) is 5.02 Å². The van der Waals surface area contributed by atoms with E-state index in [1.54, 1.807) is 0 Å². The summed E-state index contributed by atoms with van der Waals surface area (Å²) >= 11 is 5.81. The molecule has 1 saturated heterocycles. The second-order valence-corrected chi connectivity index (χ2v) is 4.77. The lowest BCUT2D eigenvalue weighted by Crippen LogP contribution is -2.42. The van der Waals surface area contributed by atoms with E-state index in [1.165, 1.54) is 18.2 Å². The van der Waals surface area contributed by atoms with Crippen LogP contribution in [0.15, 0.2) is 18.2 Å². The molecule has 1 aliphatic heterocycles. The number of carboxylic acids is 1. The maximum atomic E-state index is 12.0. The van der Waals surface area contributed by atoms with Crippen LogP contribution in [-0.4, -0.2) is 36.2 Å². The molecule has 102 valence electrons. The van der Waals surface area contributed by atoms with Crippen molar-refractivity contribution in [1.29, 1.82) is 0 Å². The molecule has 1 aromatic rings. The van der Waals surface area contributed by atoms with Crippen LogP contribution in [0.3, 0.4) is 0 Å². The largest absolute Gasteiger partial charge is 0.481 e. The molecule has 0 aliphatic carbocycles. The van der Waals surface area contributed by atoms with Crippen molar-refractivity contribution in [3.8, 4) is 0 Å². The third-order valence-corrected chi connectivity index (χ3v) is 3.11. The number of hydrogen-bond donors (Lipinski definition) is 3. The fourth-order valence-electron chi connectivity index (χ4n) is 1.94. The smallest absolute Gasteiger partial charge is 0.311 e. The van der Waals surface area contributed by atoms with Crippen molar-refractivity contribution < 1.29 is 19.4 Å². The summed E-state index contributed by atoms with van der Waals surface area (Å²) in [7, 11) is 0. The zero-order chi connectivity index (χ0) is 14.0. The molecule has 2 atom stereocenters. The Morgan fingerprint density at radius 1 is 1.37 bits per heavy atom. The first-order valence-corrected chi connectivity index (χ1v) is 6.02. The van der Waals surface area contributed by atoms with E-state index in [0.29, 0.717) is 16.3 Å². The Labute approximate surface area is 114 Å². The van der Waals surface area contributed by atoms with Gasteiger partial charge in [0.15, 0.2) is 0 Å². The number of benzene rings is 1. The Morgan fingerprint density at radius 2 is 2.11 bits per heavy atom. The van der Waals surface area contributed by atoms with Gasteiger partial charge in [-0.2, -0.15) is 0 Å². The molecule has 0 bridgehead atoms. The van der Waals surface area contributed by atoms with E-state index >= 15 is 0 Å². The third-order valence-electron chi connectivity index (χ3n) is 2.90. The van der Waals surface area contributed by atoms with E-state index in [2.05, 4.69) is 5.32 Å². The summed E-state index contributed by atoms with van der Waals surface area (Å²) in [6, 6.07) is 3.92. The Kier molecular flexibility index (Phi) is 3.92. The molecule has 0 aromatic heterocycles. The predicted octanol–water partition coefficient (Wildman–Crippen LogP) is 0.752. The van der Waals surface area contributed by atoms with Gasteiger partial charge < -0.3 is 20.9 Å². The molecule has 0 spiro atoms. The Balaban J connectivity index is 2.10. The molecule has 19 heavy (non-hydrogen) atoms. The number of amides is 1. The highest BCUT2D eigenvalue weighted by Crippen LogP contribution is 2.18. The number of nitrogen functional groups attached to an aromatic ring is 1. The summed E-state index contributed by atoms with van der Waals surface area (Å²) in [5, 5.41) is 12.0. The molecule has 2 rings (SSSR count). The van der Waals surface area contributed by atoms with Gasteiger partial charge in [0.25, 0.3) is 5.91 Å². The van der Waals surface area contributed by atoms with Crippen molar-refractivity contribution in [2.45, 2.75) is 6.04 Å². The topological polar surface area (TPSA) is 102 Å². The molecule has 1 amide bonds. The van der Waals surface area contributed by atoms with Crippen LogP contribution in [0.4, 0.5) is 5.69 Å². The van der Waals surface area contributed by atoms with E-state index in [1.807, 2.05) is 0 Å². The van der Waals surface area contributed by atoms with Gasteiger partial charge in [0.05, 0.1) is 19.3 Å². The highest BCUT2D eigenvalue weighted by molar-refractivity contribution is 6.31. The van der Waals surface area contributed by atoms with Crippen molar-refractivity contribution in [2.24, 2.45) is 5.92 Å². The first-order valence-electron chi connectivity index (χ1n) is 5.65. The van der Waals surface area contributed by atoms with Crippen molar-refractivity contribution in [2.75, 3.05) is 18.9 Å². The molecule has 1 fully saturated rings. The van der Waals surface area contributed by atoms with Gasteiger partial charge in [-0.1, -0.05) is 11.6 Å². The number of hydrogen-bond acceptors (Lipinski definition) is 4. The van der Waals surface area contributed by atoms with Crippen molar-refractivity contribution in [3.63, 3.8) is 0 Å². The number of nitrogens with one attached hydrogen (secondary N) is 1. The van der Waals surface area contributed by atoms with E-state index in [9.17, 15) is 9.59 Å². The number of aliphatic carboxylic acids is 1. The fraction of sp³-hybridized carbons (Fsp3) is 0.333. The minimum absolute atomic E-state index is 0.0952. The van der Waals surface area contributed by atoms with Crippen LogP contribution in [0.25, 0.3) is 0 Å². The van der Waals surface area contributed by atoms with Crippen molar-refractivity contribution in [1.82, 2.24) is 5.32 Å². The van der Waals surface area contributed by atoms with E-state index in [-0.39, 0.29) is 13.2 Å². The highest BCUT2D eigenvalue weighted by atomic mass is 35.5. The van der Waals surface area contributed by atoms with Crippen LogP contribution < -0.4 is 11.1 Å². The number of nitrogens with two attached hydrogens (primary N) is 1. The second kappa shape index (κ2) is 5.46. The minimum Gasteiger partial charge on any atom is -0.481 e. The highest BCUT2D eigenvalue weighted by Gasteiger charge is 2.35. The lowest BCUT2D eigenvalue weighted by atomic mass is 10.0. The molecule has 1 aromatic carbocycles. The van der Waals surface area contributed by atoms with Gasteiger partial charge in [-0.05, 0) is 18.2 Å². The van der Waals surface area contributed by atoms with Crippen LogP contribution in [0, 0.1) is 5.92 Å². The molecule has 2 unspecified atom stereocenters.